The van der Waals surface area contributed by atoms with E-state index in [1.165, 1.54) is 54.3 Å². The minimum absolute atomic E-state index is 0. The van der Waals surface area contributed by atoms with Crippen LogP contribution in [-0.4, -0.2) is 73.1 Å². The minimum atomic E-state index is -4.20. The summed E-state index contributed by atoms with van der Waals surface area (Å²) in [5.41, 5.74) is 3.38. The molecule has 2 aliphatic heterocycles. The predicted octanol–water partition coefficient (Wildman–Crippen LogP) is 6.96. The van der Waals surface area contributed by atoms with E-state index in [0.717, 1.165) is 36.3 Å². The summed E-state index contributed by atoms with van der Waals surface area (Å²) in [6.07, 6.45) is 5.09. The molecule has 1 fully saturated rings. The van der Waals surface area contributed by atoms with Crippen molar-refractivity contribution in [2.24, 2.45) is 5.41 Å². The van der Waals surface area contributed by atoms with Crippen LogP contribution in [0.1, 0.15) is 75.1 Å². The molecule has 2 aromatic carbocycles. The lowest BCUT2D eigenvalue weighted by molar-refractivity contribution is 0.0546. The second-order valence-electron chi connectivity index (χ2n) is 14.4. The number of amides is 1. The Morgan fingerprint density at radius 2 is 1.73 bits per heavy atom. The van der Waals surface area contributed by atoms with E-state index in [1.807, 2.05) is 39.1 Å². The van der Waals surface area contributed by atoms with Gasteiger partial charge in [0.2, 0.25) is 11.8 Å². The largest absolute Gasteiger partial charge is 0.475 e. The first kappa shape index (κ1) is 38.8. The zero-order valence-electron chi connectivity index (χ0n) is 30.8. The second kappa shape index (κ2) is 16.9. The van der Waals surface area contributed by atoms with Gasteiger partial charge in [-0.05, 0) is 93.5 Å². The van der Waals surface area contributed by atoms with Crippen LogP contribution in [0.15, 0.2) is 71.8 Å². The molecule has 11 nitrogen and oxygen atoms in total. The topological polar surface area (TPSA) is 136 Å². The van der Waals surface area contributed by atoms with E-state index < -0.39 is 27.8 Å². The van der Waals surface area contributed by atoms with Crippen LogP contribution in [0.4, 0.5) is 10.3 Å². The molecule has 6 rings (SSSR count). The summed E-state index contributed by atoms with van der Waals surface area (Å²) in [4.78, 5) is 28.7. The number of aromatic nitrogens is 3. The van der Waals surface area contributed by atoms with Crippen molar-refractivity contribution in [3.63, 3.8) is 0 Å². The Balaban J connectivity index is 0.000000617. The fraction of sp³-hybridized carbons (Fsp3) is 0.436. The highest BCUT2D eigenvalue weighted by Crippen LogP contribution is 2.31. The Labute approximate surface area is 307 Å². The molecule has 1 amide bonds. The van der Waals surface area contributed by atoms with Crippen LogP contribution >= 0.6 is 0 Å². The fourth-order valence-corrected chi connectivity index (χ4v) is 7.18. The van der Waals surface area contributed by atoms with E-state index in [1.54, 1.807) is 12.1 Å². The molecule has 1 atom stereocenters. The van der Waals surface area contributed by atoms with E-state index in [-0.39, 0.29) is 48.0 Å². The number of aryl methyl sites for hydroxylation is 2. The summed E-state index contributed by atoms with van der Waals surface area (Å²) < 4.78 is 55.8. The van der Waals surface area contributed by atoms with Crippen molar-refractivity contribution in [2.45, 2.75) is 83.8 Å². The van der Waals surface area contributed by atoms with Gasteiger partial charge in [-0.25, -0.2) is 22.5 Å². The molecular weight excluding hydrogens is 684 g/mol. The maximum absolute atomic E-state index is 14.9. The van der Waals surface area contributed by atoms with E-state index in [9.17, 15) is 17.6 Å². The number of carbonyl (C=O) groups is 1. The highest BCUT2D eigenvalue weighted by atomic mass is 32.2. The van der Waals surface area contributed by atoms with Gasteiger partial charge in [-0.15, -0.1) is 0 Å². The SMILES string of the molecule is CNC1CCOCC1.Cc1cccc(C)c1-c1cc2nc(n1)NS(=O)(=O)c1cccc(c1)C(=O)N(Cc1ncccc1F)[C@H](CCC(C)(C)C)CO2.[HH]. The third-order valence-electron chi connectivity index (χ3n) is 9.19. The van der Waals surface area contributed by atoms with Crippen molar-refractivity contribution >= 4 is 21.9 Å². The minimum Gasteiger partial charge on any atom is -0.475 e. The van der Waals surface area contributed by atoms with Crippen LogP contribution in [0.2, 0.25) is 0 Å². The molecule has 52 heavy (non-hydrogen) atoms. The van der Waals surface area contributed by atoms with E-state index in [4.69, 9.17) is 9.47 Å². The van der Waals surface area contributed by atoms with E-state index >= 15 is 0 Å². The number of benzene rings is 2. The molecule has 4 bridgehead atoms. The van der Waals surface area contributed by atoms with Crippen LogP contribution in [-0.2, 0) is 21.3 Å². The Bertz CT molecular complexity index is 1950. The Morgan fingerprint density at radius 1 is 1.02 bits per heavy atom. The van der Waals surface area contributed by atoms with Gasteiger partial charge in [0.15, 0.2) is 0 Å². The van der Waals surface area contributed by atoms with Gasteiger partial charge in [0.1, 0.15) is 12.4 Å². The number of carbonyl (C=O) groups excluding carboxylic acids is 1. The third kappa shape index (κ3) is 10.1. The number of sulfonamides is 1. The maximum Gasteiger partial charge on any atom is 0.264 e. The third-order valence-corrected chi connectivity index (χ3v) is 10.5. The molecule has 280 valence electrons. The smallest absolute Gasteiger partial charge is 0.264 e. The molecule has 0 aliphatic carbocycles. The molecule has 2 N–H and O–H groups in total. The van der Waals surface area contributed by atoms with Crippen molar-refractivity contribution in [2.75, 3.05) is 31.6 Å². The highest BCUT2D eigenvalue weighted by molar-refractivity contribution is 7.92. The van der Waals surface area contributed by atoms with Crippen molar-refractivity contribution < 1.29 is 28.5 Å². The predicted molar refractivity (Wildman–Crippen MR) is 201 cm³/mol. The van der Waals surface area contributed by atoms with Gasteiger partial charge in [0.25, 0.3) is 15.9 Å². The summed E-state index contributed by atoms with van der Waals surface area (Å²) in [6, 6.07) is 16.2. The Hall–Kier alpha value is -4.46. The number of hydrogen-bond acceptors (Lipinski definition) is 9. The molecule has 2 aliphatic rings. The van der Waals surface area contributed by atoms with Crippen molar-refractivity contribution in [3.05, 3.63) is 95.1 Å². The lowest BCUT2D eigenvalue weighted by atomic mass is 9.88. The molecule has 4 heterocycles. The molecule has 0 radical (unpaired) electrons. The molecule has 1 saturated heterocycles. The number of fused-ring (bicyclic) bond motifs is 4. The van der Waals surface area contributed by atoms with E-state index in [0.29, 0.717) is 18.2 Å². The highest BCUT2D eigenvalue weighted by Gasteiger charge is 2.30. The fourth-order valence-electron chi connectivity index (χ4n) is 6.19. The van der Waals surface area contributed by atoms with Gasteiger partial charge >= 0.3 is 0 Å². The van der Waals surface area contributed by atoms with Crippen molar-refractivity contribution in [1.29, 1.82) is 0 Å². The Kier molecular flexibility index (Phi) is 12.6. The molecule has 0 saturated carbocycles. The molecule has 13 heteroatoms. The van der Waals surface area contributed by atoms with Crippen LogP contribution in [0, 0.1) is 25.1 Å². The molecular formula is C39H51FN6O5S. The summed E-state index contributed by atoms with van der Waals surface area (Å²) in [7, 11) is -2.19. The normalized spacial score (nSPS) is 17.7. The number of nitrogens with zero attached hydrogens (tertiary/aromatic N) is 4. The first-order valence-corrected chi connectivity index (χ1v) is 19.1. The summed E-state index contributed by atoms with van der Waals surface area (Å²) in [6.45, 7) is 12.0. The van der Waals surface area contributed by atoms with Gasteiger partial charge in [-0.2, -0.15) is 4.98 Å². The number of ether oxygens (including phenoxy) is 2. The van der Waals surface area contributed by atoms with Gasteiger partial charge in [0.05, 0.1) is 28.9 Å². The molecule has 2 aromatic heterocycles. The summed E-state index contributed by atoms with van der Waals surface area (Å²) >= 11 is 0. The second-order valence-corrected chi connectivity index (χ2v) is 16.1. The average molecular weight is 735 g/mol. The Morgan fingerprint density at radius 3 is 2.38 bits per heavy atom. The molecule has 0 unspecified atom stereocenters. The van der Waals surface area contributed by atoms with Gasteiger partial charge in [0, 0.05) is 44.1 Å². The maximum atomic E-state index is 14.9. The van der Waals surface area contributed by atoms with Crippen LogP contribution < -0.4 is 14.8 Å². The van der Waals surface area contributed by atoms with Gasteiger partial charge in [-0.1, -0.05) is 45.0 Å². The van der Waals surface area contributed by atoms with Gasteiger partial charge < -0.3 is 19.7 Å². The number of pyridine rings is 1. The average Bonchev–Trinajstić information content (AvgIpc) is 3.11. The molecule has 0 spiro atoms. The number of anilines is 1. The van der Waals surface area contributed by atoms with Crippen LogP contribution in [0.5, 0.6) is 5.88 Å². The van der Waals surface area contributed by atoms with Crippen LogP contribution in [0.3, 0.4) is 0 Å². The standard InChI is InChI=1S/C33H36FN5O4S.C6H13NO.H2/c1-21-9-6-10-22(2)30(21)27-18-29-37-32(36-27)38-44(41,42)25-12-7-11-23(17-25)31(40)39(19-28-26(34)13-8-16-35-28)24(20-43-29)14-15-33(3,4)5;1-7-6-2-4-8-5-3-6;/h6-13,16-18,24H,14-15,19-20H2,1-5H3,(H,36,37,38);6-7H,2-5H2,1H3;1H/t24-;;/m1../s1. The molecule has 4 aromatic rings. The van der Waals surface area contributed by atoms with Crippen molar-refractivity contribution in [1.82, 2.24) is 25.2 Å². The summed E-state index contributed by atoms with van der Waals surface area (Å²) in [5, 5.41) is 3.22. The monoisotopic (exact) mass is 734 g/mol. The zero-order valence-corrected chi connectivity index (χ0v) is 31.6. The first-order valence-electron chi connectivity index (χ1n) is 17.6. The van der Waals surface area contributed by atoms with E-state index in [2.05, 4.69) is 45.8 Å². The number of nitrogens with one attached hydrogen (secondary N) is 2. The van der Waals surface area contributed by atoms with Gasteiger partial charge in [-0.3, -0.25) is 9.78 Å². The number of hydrogen-bond donors (Lipinski definition) is 2. The quantitative estimate of drug-likeness (QED) is 0.216. The van der Waals surface area contributed by atoms with Crippen LogP contribution in [0.25, 0.3) is 11.3 Å². The zero-order chi connectivity index (χ0) is 37.5. The van der Waals surface area contributed by atoms with Crippen molar-refractivity contribution in [3.8, 4) is 17.1 Å². The lowest BCUT2D eigenvalue weighted by Crippen LogP contribution is -2.44. The lowest BCUT2D eigenvalue weighted by Gasteiger charge is -2.33. The number of rotatable bonds is 6. The first-order chi connectivity index (χ1) is 24.7. The number of halogens is 1. The summed E-state index contributed by atoms with van der Waals surface area (Å²) in [5.74, 6) is -1.03.